The minimum atomic E-state index is 0.382. The summed E-state index contributed by atoms with van der Waals surface area (Å²) >= 11 is 0. The molecule has 5 heteroatoms. The van der Waals surface area contributed by atoms with Crippen LogP contribution in [0.15, 0.2) is 48.8 Å². The first-order chi connectivity index (χ1) is 10.3. The molecule has 3 aromatic rings. The maximum absolute atomic E-state index is 5.83. The van der Waals surface area contributed by atoms with E-state index in [0.717, 1.165) is 10.8 Å². The van der Waals surface area contributed by atoms with E-state index in [1.54, 1.807) is 14.2 Å². The second-order valence-corrected chi connectivity index (χ2v) is 4.42. The molecule has 0 amide bonds. The van der Waals surface area contributed by atoms with Gasteiger partial charge in [0.05, 0.1) is 7.11 Å². The van der Waals surface area contributed by atoms with Crippen LogP contribution in [0.3, 0.4) is 0 Å². The Morgan fingerprint density at radius 1 is 1.00 bits per heavy atom. The first kappa shape index (κ1) is 13.2. The number of nitrogens with one attached hydrogen (secondary N) is 1. The van der Waals surface area contributed by atoms with Crippen molar-refractivity contribution in [1.29, 1.82) is 0 Å². The van der Waals surface area contributed by atoms with Crippen LogP contribution in [0.25, 0.3) is 10.8 Å². The molecule has 0 bridgehead atoms. The van der Waals surface area contributed by atoms with Crippen LogP contribution in [0.5, 0.6) is 17.4 Å². The minimum absolute atomic E-state index is 0.382. The van der Waals surface area contributed by atoms with Crippen molar-refractivity contribution < 1.29 is 9.47 Å². The lowest BCUT2D eigenvalue weighted by molar-refractivity contribution is 0.369. The van der Waals surface area contributed by atoms with E-state index in [-0.39, 0.29) is 0 Å². The van der Waals surface area contributed by atoms with Crippen LogP contribution >= 0.6 is 0 Å². The number of benzene rings is 2. The molecular formula is C16H15N3O2. The molecule has 0 radical (unpaired) electrons. The van der Waals surface area contributed by atoms with Gasteiger partial charge in [-0.2, -0.15) is 4.98 Å². The van der Waals surface area contributed by atoms with Crippen LogP contribution in [-0.2, 0) is 0 Å². The average Bonchev–Trinajstić information content (AvgIpc) is 2.54. The Morgan fingerprint density at radius 2 is 1.81 bits per heavy atom. The molecule has 0 unspecified atom stereocenters. The van der Waals surface area contributed by atoms with Gasteiger partial charge in [0.2, 0.25) is 5.75 Å². The Hall–Kier alpha value is -2.82. The fourth-order valence-corrected chi connectivity index (χ4v) is 2.13. The maximum Gasteiger partial charge on any atom is 0.268 e. The molecule has 0 saturated heterocycles. The Morgan fingerprint density at radius 3 is 2.57 bits per heavy atom. The van der Waals surface area contributed by atoms with Gasteiger partial charge in [-0.1, -0.05) is 30.3 Å². The molecule has 2 aromatic carbocycles. The monoisotopic (exact) mass is 281 g/mol. The van der Waals surface area contributed by atoms with Gasteiger partial charge < -0.3 is 14.8 Å². The van der Waals surface area contributed by atoms with E-state index in [1.165, 1.54) is 6.33 Å². The van der Waals surface area contributed by atoms with Gasteiger partial charge in [0.1, 0.15) is 12.1 Å². The average molecular weight is 281 g/mol. The van der Waals surface area contributed by atoms with Crippen molar-refractivity contribution in [2.45, 2.75) is 0 Å². The van der Waals surface area contributed by atoms with Gasteiger partial charge in [0.15, 0.2) is 5.82 Å². The lowest BCUT2D eigenvalue weighted by atomic mass is 10.1. The summed E-state index contributed by atoms with van der Waals surface area (Å²) in [6.45, 7) is 0. The van der Waals surface area contributed by atoms with Crippen LogP contribution in [0.4, 0.5) is 5.82 Å². The normalized spacial score (nSPS) is 10.4. The number of hydrogen-bond donors (Lipinski definition) is 1. The Balaban J connectivity index is 1.98. The van der Waals surface area contributed by atoms with Crippen molar-refractivity contribution in [3.05, 3.63) is 48.8 Å². The van der Waals surface area contributed by atoms with Gasteiger partial charge in [0.25, 0.3) is 5.88 Å². The highest BCUT2D eigenvalue weighted by molar-refractivity contribution is 5.83. The first-order valence-corrected chi connectivity index (χ1v) is 6.55. The smallest absolute Gasteiger partial charge is 0.268 e. The van der Waals surface area contributed by atoms with Crippen LogP contribution in [0, 0.1) is 0 Å². The summed E-state index contributed by atoms with van der Waals surface area (Å²) in [5, 5.41) is 5.22. The van der Waals surface area contributed by atoms with Gasteiger partial charge in [-0.25, -0.2) is 4.98 Å². The van der Waals surface area contributed by atoms with Gasteiger partial charge in [-0.05, 0) is 22.9 Å². The summed E-state index contributed by atoms with van der Waals surface area (Å²) in [5.41, 5.74) is 0. The Kier molecular flexibility index (Phi) is 3.55. The highest BCUT2D eigenvalue weighted by Gasteiger charge is 2.13. The molecule has 0 fully saturated rings. The standard InChI is InChI=1S/C16H15N3O2/c1-17-15-14(20-2)16(19-10-18-15)21-13-8-7-11-5-3-4-6-12(11)9-13/h3-10H,1-2H3,(H,17,18,19). The summed E-state index contributed by atoms with van der Waals surface area (Å²) in [6, 6.07) is 14.0. The highest BCUT2D eigenvalue weighted by Crippen LogP contribution is 2.34. The second-order valence-electron chi connectivity index (χ2n) is 4.42. The number of anilines is 1. The zero-order valence-corrected chi connectivity index (χ0v) is 11.8. The van der Waals surface area contributed by atoms with Gasteiger partial charge in [0, 0.05) is 7.05 Å². The zero-order valence-electron chi connectivity index (χ0n) is 11.8. The molecule has 0 spiro atoms. The number of hydrogen-bond acceptors (Lipinski definition) is 5. The largest absolute Gasteiger partial charge is 0.489 e. The molecule has 106 valence electrons. The van der Waals surface area contributed by atoms with Crippen molar-refractivity contribution in [3.63, 3.8) is 0 Å². The summed E-state index contributed by atoms with van der Waals surface area (Å²) in [6.07, 6.45) is 1.44. The third-order valence-electron chi connectivity index (χ3n) is 3.15. The molecule has 1 heterocycles. The third-order valence-corrected chi connectivity index (χ3v) is 3.15. The van der Waals surface area contributed by atoms with Crippen LogP contribution in [0.1, 0.15) is 0 Å². The lowest BCUT2D eigenvalue weighted by Gasteiger charge is -2.12. The quantitative estimate of drug-likeness (QED) is 0.793. The van der Waals surface area contributed by atoms with Crippen LogP contribution < -0.4 is 14.8 Å². The molecular weight excluding hydrogens is 266 g/mol. The van der Waals surface area contributed by atoms with E-state index < -0.39 is 0 Å². The molecule has 0 saturated carbocycles. The van der Waals surface area contributed by atoms with Crippen molar-refractivity contribution >= 4 is 16.6 Å². The Bertz CT molecular complexity index is 774. The minimum Gasteiger partial charge on any atom is -0.489 e. The predicted molar refractivity (Wildman–Crippen MR) is 82.2 cm³/mol. The van der Waals surface area contributed by atoms with E-state index in [1.807, 2.05) is 36.4 Å². The summed E-state index contributed by atoms with van der Waals surface area (Å²) in [5.74, 6) is 2.15. The van der Waals surface area contributed by atoms with E-state index in [2.05, 4.69) is 21.4 Å². The molecule has 21 heavy (non-hydrogen) atoms. The number of ether oxygens (including phenoxy) is 2. The van der Waals surface area contributed by atoms with Gasteiger partial charge >= 0.3 is 0 Å². The molecule has 1 N–H and O–H groups in total. The predicted octanol–water partition coefficient (Wildman–Crippen LogP) is 3.47. The van der Waals surface area contributed by atoms with E-state index in [4.69, 9.17) is 9.47 Å². The number of nitrogens with zero attached hydrogens (tertiary/aromatic N) is 2. The molecule has 1 aromatic heterocycles. The number of rotatable bonds is 4. The molecule has 5 nitrogen and oxygen atoms in total. The van der Waals surface area contributed by atoms with Gasteiger partial charge in [-0.3, -0.25) is 0 Å². The van der Waals surface area contributed by atoms with Gasteiger partial charge in [-0.15, -0.1) is 0 Å². The lowest BCUT2D eigenvalue weighted by Crippen LogP contribution is -2.00. The van der Waals surface area contributed by atoms with Crippen molar-refractivity contribution in [2.24, 2.45) is 0 Å². The topological polar surface area (TPSA) is 56.3 Å². The maximum atomic E-state index is 5.83. The van der Waals surface area contributed by atoms with Crippen molar-refractivity contribution in [3.8, 4) is 17.4 Å². The fourth-order valence-electron chi connectivity index (χ4n) is 2.13. The molecule has 0 aliphatic rings. The molecule has 3 rings (SSSR count). The number of aromatic nitrogens is 2. The van der Waals surface area contributed by atoms with E-state index >= 15 is 0 Å². The molecule has 0 aliphatic heterocycles. The zero-order chi connectivity index (χ0) is 14.7. The van der Waals surface area contributed by atoms with Crippen molar-refractivity contribution in [2.75, 3.05) is 19.5 Å². The van der Waals surface area contributed by atoms with E-state index in [0.29, 0.717) is 23.2 Å². The molecule has 0 atom stereocenters. The van der Waals surface area contributed by atoms with Crippen LogP contribution in [0.2, 0.25) is 0 Å². The number of methoxy groups -OCH3 is 1. The summed E-state index contributed by atoms with van der Waals surface area (Å²) in [4.78, 5) is 8.23. The third kappa shape index (κ3) is 2.58. The summed E-state index contributed by atoms with van der Waals surface area (Å²) < 4.78 is 11.1. The second kappa shape index (κ2) is 5.66. The first-order valence-electron chi connectivity index (χ1n) is 6.55. The summed E-state index contributed by atoms with van der Waals surface area (Å²) in [7, 11) is 3.33. The SMILES string of the molecule is CNc1ncnc(Oc2ccc3ccccc3c2)c1OC. The molecule has 0 aliphatic carbocycles. The number of fused-ring (bicyclic) bond motifs is 1. The fraction of sp³-hybridized carbons (Fsp3) is 0.125. The van der Waals surface area contributed by atoms with Crippen molar-refractivity contribution in [1.82, 2.24) is 9.97 Å². The Labute approximate surface area is 122 Å². The highest BCUT2D eigenvalue weighted by atomic mass is 16.5. The van der Waals surface area contributed by atoms with E-state index in [9.17, 15) is 0 Å². The van der Waals surface area contributed by atoms with Crippen LogP contribution in [-0.4, -0.2) is 24.1 Å².